The summed E-state index contributed by atoms with van der Waals surface area (Å²) < 4.78 is 19.4. The third-order valence-electron chi connectivity index (χ3n) is 6.47. The van der Waals surface area contributed by atoms with E-state index in [-0.39, 0.29) is 6.79 Å². The minimum Gasteiger partial charge on any atom is -0.463 e. The number of piperazine rings is 1. The number of nitrogens with one attached hydrogen (secondary N) is 1. The molecule has 0 radical (unpaired) electrons. The smallest absolute Gasteiger partial charge is 0.230 e. The van der Waals surface area contributed by atoms with Gasteiger partial charge in [-0.15, -0.1) is 0 Å². The van der Waals surface area contributed by atoms with Crippen LogP contribution in [0.15, 0.2) is 89.4 Å². The molecule has 1 fully saturated rings. The zero-order valence-electron chi connectivity index (χ0n) is 19.5. The van der Waals surface area contributed by atoms with Gasteiger partial charge in [0, 0.05) is 50.3 Å². The van der Waals surface area contributed by atoms with Crippen LogP contribution >= 0.6 is 0 Å². The summed E-state index contributed by atoms with van der Waals surface area (Å²) in [5.74, 6) is 2.47. The van der Waals surface area contributed by atoms with E-state index in [0.29, 0.717) is 6.42 Å². The Kier molecular flexibility index (Phi) is 6.09. The summed E-state index contributed by atoms with van der Waals surface area (Å²) in [6.45, 7) is 5.17. The lowest BCUT2D eigenvalue weighted by Crippen LogP contribution is -2.42. The third-order valence-corrected chi connectivity index (χ3v) is 6.47. The van der Waals surface area contributed by atoms with Crippen molar-refractivity contribution in [3.63, 3.8) is 0 Å². The average molecular weight is 469 g/mol. The van der Waals surface area contributed by atoms with Gasteiger partial charge in [-0.1, -0.05) is 30.3 Å². The van der Waals surface area contributed by atoms with Crippen LogP contribution in [0.3, 0.4) is 0 Å². The Balaban J connectivity index is 1.29. The van der Waals surface area contributed by atoms with Crippen molar-refractivity contribution in [2.75, 3.05) is 33.0 Å². The molecule has 7 heteroatoms. The molecule has 6 rings (SSSR count). The Morgan fingerprint density at radius 2 is 1.71 bits per heavy atom. The Morgan fingerprint density at radius 3 is 2.49 bits per heavy atom. The highest BCUT2D eigenvalue weighted by atomic mass is 16.7. The van der Waals surface area contributed by atoms with Gasteiger partial charge in [0.1, 0.15) is 11.5 Å². The van der Waals surface area contributed by atoms with E-state index in [4.69, 9.17) is 19.0 Å². The van der Waals surface area contributed by atoms with Crippen molar-refractivity contribution >= 4 is 5.76 Å². The fourth-order valence-corrected chi connectivity index (χ4v) is 4.70. The van der Waals surface area contributed by atoms with Crippen LogP contribution in [0.25, 0.3) is 22.9 Å². The molecule has 0 unspecified atom stereocenters. The molecule has 0 spiro atoms. The van der Waals surface area contributed by atoms with Crippen LogP contribution < -0.4 is 5.32 Å². The molecule has 2 aromatic carbocycles. The van der Waals surface area contributed by atoms with Gasteiger partial charge in [0.15, 0.2) is 11.5 Å². The maximum atomic E-state index is 5.85. The molecule has 0 saturated carbocycles. The number of allylic oxidation sites excluding steroid dienone is 1. The van der Waals surface area contributed by atoms with Gasteiger partial charge in [0.25, 0.3) is 0 Å². The lowest BCUT2D eigenvalue weighted by atomic mass is 10.1. The number of benzene rings is 2. The first kappa shape index (κ1) is 21.7. The summed E-state index contributed by atoms with van der Waals surface area (Å²) in [5, 5.41) is 8.17. The Hall–Kier alpha value is -3.81. The zero-order chi connectivity index (χ0) is 23.5. The van der Waals surface area contributed by atoms with Crippen molar-refractivity contribution in [1.29, 1.82) is 0 Å². The van der Waals surface area contributed by atoms with Crippen LogP contribution in [-0.2, 0) is 22.4 Å². The summed E-state index contributed by atoms with van der Waals surface area (Å²) in [5.41, 5.74) is 5.30. The van der Waals surface area contributed by atoms with Crippen LogP contribution in [0, 0.1) is 0 Å². The summed E-state index contributed by atoms with van der Waals surface area (Å²) in [6, 6.07) is 22.5. The van der Waals surface area contributed by atoms with Crippen LogP contribution in [0.2, 0.25) is 0 Å². The van der Waals surface area contributed by atoms with E-state index >= 15 is 0 Å². The van der Waals surface area contributed by atoms with Crippen LogP contribution in [-0.4, -0.2) is 47.7 Å². The fraction of sp³-hybridized carbons (Fsp3) is 0.250. The number of nitrogens with zero attached hydrogens (tertiary/aromatic N) is 3. The van der Waals surface area contributed by atoms with Crippen molar-refractivity contribution < 1.29 is 13.9 Å². The van der Waals surface area contributed by atoms with Crippen LogP contribution in [0.4, 0.5) is 0 Å². The second-order valence-electron chi connectivity index (χ2n) is 8.80. The van der Waals surface area contributed by atoms with Crippen molar-refractivity contribution in [2.24, 2.45) is 0 Å². The SMILES string of the molecule is c1ccc(CC2=C(c3ccc(-n4ncc(CN5CCNCC5)c4-c4ccco4)cc3)OCO2)cc1. The van der Waals surface area contributed by atoms with Gasteiger partial charge < -0.3 is 19.2 Å². The first-order chi connectivity index (χ1) is 17.3. The molecule has 7 nitrogen and oxygen atoms in total. The molecule has 2 aliphatic rings. The van der Waals surface area contributed by atoms with Crippen molar-refractivity contribution in [3.05, 3.63) is 102 Å². The molecule has 4 aromatic rings. The lowest BCUT2D eigenvalue weighted by molar-refractivity contribution is 0.0857. The van der Waals surface area contributed by atoms with Crippen LogP contribution in [0.1, 0.15) is 16.7 Å². The van der Waals surface area contributed by atoms with Gasteiger partial charge in [0.2, 0.25) is 6.79 Å². The lowest BCUT2D eigenvalue weighted by Gasteiger charge is -2.27. The van der Waals surface area contributed by atoms with E-state index in [2.05, 4.69) is 46.6 Å². The van der Waals surface area contributed by atoms with Gasteiger partial charge in [-0.05, 0) is 42.0 Å². The van der Waals surface area contributed by atoms with Crippen LogP contribution in [0.5, 0.6) is 0 Å². The molecule has 2 aromatic heterocycles. The monoisotopic (exact) mass is 468 g/mol. The number of hydrogen-bond donors (Lipinski definition) is 1. The topological polar surface area (TPSA) is 64.7 Å². The van der Waals surface area contributed by atoms with Gasteiger partial charge in [-0.2, -0.15) is 5.10 Å². The standard InChI is InChI=1S/C28H28N4O3/c1-2-5-21(6-3-1)17-26-28(35-20-34-26)22-8-10-24(11-9-22)32-27(25-7-4-16-33-25)23(18-30-32)19-31-14-12-29-13-15-31/h1-11,16,18,29H,12-15,17,19-20H2. The Bertz CT molecular complexity index is 1290. The predicted octanol–water partition coefficient (Wildman–Crippen LogP) is 4.45. The highest BCUT2D eigenvalue weighted by molar-refractivity contribution is 5.66. The Morgan fingerprint density at radius 1 is 0.886 bits per heavy atom. The van der Waals surface area contributed by atoms with Crippen molar-refractivity contribution in [2.45, 2.75) is 13.0 Å². The number of aromatic nitrogens is 2. The maximum absolute atomic E-state index is 5.85. The highest BCUT2D eigenvalue weighted by Crippen LogP contribution is 2.31. The van der Waals surface area contributed by atoms with E-state index in [0.717, 1.165) is 72.5 Å². The van der Waals surface area contributed by atoms with E-state index in [9.17, 15) is 0 Å². The van der Waals surface area contributed by atoms with Crippen molar-refractivity contribution in [3.8, 4) is 17.1 Å². The maximum Gasteiger partial charge on any atom is 0.230 e. The molecule has 0 atom stereocenters. The molecule has 178 valence electrons. The second kappa shape index (κ2) is 9.82. The number of rotatable bonds is 7. The summed E-state index contributed by atoms with van der Waals surface area (Å²) in [6.07, 6.45) is 4.37. The van der Waals surface area contributed by atoms with Gasteiger partial charge in [-0.3, -0.25) is 4.90 Å². The summed E-state index contributed by atoms with van der Waals surface area (Å²) in [7, 11) is 0. The number of ether oxygens (including phenoxy) is 2. The number of furan rings is 1. The molecule has 1 saturated heterocycles. The van der Waals surface area contributed by atoms with Gasteiger partial charge >= 0.3 is 0 Å². The normalized spacial score (nSPS) is 16.3. The van der Waals surface area contributed by atoms with E-state index in [1.165, 1.54) is 5.56 Å². The van der Waals surface area contributed by atoms with Gasteiger partial charge in [-0.25, -0.2) is 4.68 Å². The summed E-state index contributed by atoms with van der Waals surface area (Å²) >= 11 is 0. The van der Waals surface area contributed by atoms with E-state index in [1.54, 1.807) is 6.26 Å². The zero-order valence-corrected chi connectivity index (χ0v) is 19.5. The predicted molar refractivity (Wildman–Crippen MR) is 134 cm³/mol. The molecule has 0 bridgehead atoms. The first-order valence-corrected chi connectivity index (χ1v) is 12.0. The molecule has 35 heavy (non-hydrogen) atoms. The first-order valence-electron chi connectivity index (χ1n) is 12.0. The minimum absolute atomic E-state index is 0.246. The largest absolute Gasteiger partial charge is 0.463 e. The third kappa shape index (κ3) is 4.60. The van der Waals surface area contributed by atoms with Crippen molar-refractivity contribution in [1.82, 2.24) is 20.0 Å². The van der Waals surface area contributed by atoms with E-state index < -0.39 is 0 Å². The molecule has 0 amide bonds. The molecule has 0 aliphatic carbocycles. The summed E-state index contributed by atoms with van der Waals surface area (Å²) in [4.78, 5) is 2.45. The Labute approximate surface area is 204 Å². The quantitative estimate of drug-likeness (QED) is 0.432. The molecular formula is C28H28N4O3. The molecule has 2 aliphatic heterocycles. The number of hydrogen-bond acceptors (Lipinski definition) is 6. The average Bonchev–Trinajstić information content (AvgIpc) is 3.67. The molecular weight excluding hydrogens is 440 g/mol. The molecule has 1 N–H and O–H groups in total. The molecule has 4 heterocycles. The fourth-order valence-electron chi connectivity index (χ4n) is 4.70. The second-order valence-corrected chi connectivity index (χ2v) is 8.80. The minimum atomic E-state index is 0.246. The van der Waals surface area contributed by atoms with E-state index in [1.807, 2.05) is 41.2 Å². The highest BCUT2D eigenvalue weighted by Gasteiger charge is 2.22. The van der Waals surface area contributed by atoms with Gasteiger partial charge in [0.05, 0.1) is 18.1 Å².